The van der Waals surface area contributed by atoms with Crippen LogP contribution in [0.5, 0.6) is 5.75 Å². The summed E-state index contributed by atoms with van der Waals surface area (Å²) in [6.45, 7) is 0.494. The molecule has 2 rings (SSSR count). The monoisotopic (exact) mass is 183 g/mol. The summed E-state index contributed by atoms with van der Waals surface area (Å²) in [5.41, 5.74) is 1.24. The average molecular weight is 184 g/mol. The van der Waals surface area contributed by atoms with Crippen LogP contribution < -0.4 is 5.32 Å². The minimum Gasteiger partial charge on any atom is -0.506 e. The molecule has 0 spiro atoms. The van der Waals surface area contributed by atoms with Gasteiger partial charge in [0.1, 0.15) is 5.75 Å². The van der Waals surface area contributed by atoms with Crippen LogP contribution in [0, 0.1) is 0 Å². The molecule has 3 nitrogen and oxygen atoms in total. The third-order valence-corrected chi connectivity index (χ3v) is 2.26. The van der Waals surface area contributed by atoms with Gasteiger partial charge in [-0.15, -0.1) is 0 Å². The van der Waals surface area contributed by atoms with Crippen molar-refractivity contribution in [1.82, 2.24) is 5.32 Å². The van der Waals surface area contributed by atoms with Crippen molar-refractivity contribution in [3.8, 4) is 5.75 Å². The molecule has 0 aromatic heterocycles. The first-order valence-corrected chi connectivity index (χ1v) is 3.86. The second-order valence-corrected chi connectivity index (χ2v) is 2.99. The van der Waals surface area contributed by atoms with Gasteiger partial charge in [0.05, 0.1) is 10.6 Å². The Kier molecular flexibility index (Phi) is 1.48. The maximum Gasteiger partial charge on any atom is 0.253 e. The summed E-state index contributed by atoms with van der Waals surface area (Å²) in [5.74, 6) is -0.265. The van der Waals surface area contributed by atoms with Crippen LogP contribution in [-0.4, -0.2) is 11.0 Å². The van der Waals surface area contributed by atoms with E-state index in [9.17, 15) is 9.90 Å². The lowest BCUT2D eigenvalue weighted by atomic mass is 10.1. The SMILES string of the molecule is O=C1NCc2ccc(O)c(Cl)c21. The number of benzene rings is 1. The largest absolute Gasteiger partial charge is 0.506 e. The molecule has 4 heteroatoms. The summed E-state index contributed by atoms with van der Waals surface area (Å²) in [4.78, 5) is 11.1. The minimum atomic E-state index is -0.217. The number of phenols is 1. The number of hydrogen-bond acceptors (Lipinski definition) is 2. The normalized spacial score (nSPS) is 14.2. The molecule has 62 valence electrons. The molecular formula is C8H6ClNO2. The number of hydrogen-bond donors (Lipinski definition) is 2. The van der Waals surface area contributed by atoms with Gasteiger partial charge in [0, 0.05) is 6.54 Å². The van der Waals surface area contributed by atoms with E-state index in [1.54, 1.807) is 6.07 Å². The number of rotatable bonds is 0. The Labute approximate surface area is 74.0 Å². The first-order chi connectivity index (χ1) is 5.70. The molecule has 2 N–H and O–H groups in total. The molecule has 0 atom stereocenters. The van der Waals surface area contributed by atoms with E-state index < -0.39 is 0 Å². The summed E-state index contributed by atoms with van der Waals surface area (Å²) in [7, 11) is 0. The molecule has 12 heavy (non-hydrogen) atoms. The molecule has 1 aliphatic rings. The van der Waals surface area contributed by atoms with Crippen LogP contribution in [0.4, 0.5) is 0 Å². The second kappa shape index (κ2) is 2.38. The van der Waals surface area contributed by atoms with Crippen molar-refractivity contribution in [3.05, 3.63) is 28.3 Å². The Balaban J connectivity index is 2.71. The number of fused-ring (bicyclic) bond motifs is 1. The predicted molar refractivity (Wildman–Crippen MR) is 44.3 cm³/mol. The van der Waals surface area contributed by atoms with E-state index in [1.807, 2.05) is 0 Å². The average Bonchev–Trinajstić information content (AvgIpc) is 2.41. The van der Waals surface area contributed by atoms with Crippen molar-refractivity contribution in [2.24, 2.45) is 0 Å². The maximum absolute atomic E-state index is 11.1. The Morgan fingerprint density at radius 2 is 2.25 bits per heavy atom. The van der Waals surface area contributed by atoms with Gasteiger partial charge < -0.3 is 10.4 Å². The van der Waals surface area contributed by atoms with E-state index in [4.69, 9.17) is 11.6 Å². The van der Waals surface area contributed by atoms with Crippen LogP contribution >= 0.6 is 11.6 Å². The van der Waals surface area contributed by atoms with E-state index in [-0.39, 0.29) is 16.7 Å². The van der Waals surface area contributed by atoms with Crippen LogP contribution in [0.25, 0.3) is 0 Å². The standard InChI is InChI=1S/C8H6ClNO2/c9-7-5(11)2-1-4-3-10-8(12)6(4)7/h1-2,11H,3H2,(H,10,12). The van der Waals surface area contributed by atoms with E-state index in [1.165, 1.54) is 6.07 Å². The summed E-state index contributed by atoms with van der Waals surface area (Å²) in [6.07, 6.45) is 0. The molecule has 0 radical (unpaired) electrons. The van der Waals surface area contributed by atoms with Crippen molar-refractivity contribution < 1.29 is 9.90 Å². The van der Waals surface area contributed by atoms with Gasteiger partial charge in [0.15, 0.2) is 0 Å². The number of carbonyl (C=O) groups is 1. The minimum absolute atomic E-state index is 0.0486. The molecule has 1 aliphatic heterocycles. The van der Waals surface area contributed by atoms with E-state index in [2.05, 4.69) is 5.32 Å². The van der Waals surface area contributed by atoms with E-state index in [0.717, 1.165) is 5.56 Å². The highest BCUT2D eigenvalue weighted by atomic mass is 35.5. The van der Waals surface area contributed by atoms with Gasteiger partial charge in [-0.2, -0.15) is 0 Å². The summed E-state index contributed by atoms with van der Waals surface area (Å²) < 4.78 is 0. The summed E-state index contributed by atoms with van der Waals surface area (Å²) in [6, 6.07) is 3.18. The van der Waals surface area contributed by atoms with Crippen LogP contribution in [0.2, 0.25) is 5.02 Å². The Bertz CT molecular complexity index is 362. The predicted octanol–water partition coefficient (Wildman–Crippen LogP) is 1.29. The maximum atomic E-state index is 11.1. The lowest BCUT2D eigenvalue weighted by Gasteiger charge is -2.00. The van der Waals surface area contributed by atoms with Crippen LogP contribution in [0.15, 0.2) is 12.1 Å². The number of halogens is 1. The van der Waals surface area contributed by atoms with Crippen LogP contribution in [0.3, 0.4) is 0 Å². The van der Waals surface area contributed by atoms with Gasteiger partial charge in [-0.3, -0.25) is 4.79 Å². The summed E-state index contributed by atoms with van der Waals surface area (Å²) >= 11 is 5.72. The topological polar surface area (TPSA) is 49.3 Å². The van der Waals surface area contributed by atoms with Gasteiger partial charge in [0.25, 0.3) is 5.91 Å². The third kappa shape index (κ3) is 0.865. The van der Waals surface area contributed by atoms with Gasteiger partial charge in [-0.05, 0) is 11.6 Å². The van der Waals surface area contributed by atoms with Gasteiger partial charge in [0.2, 0.25) is 0 Å². The molecule has 0 aliphatic carbocycles. The summed E-state index contributed by atoms with van der Waals surface area (Å²) in [5, 5.41) is 11.9. The van der Waals surface area contributed by atoms with Crippen LogP contribution in [-0.2, 0) is 6.54 Å². The fourth-order valence-electron chi connectivity index (χ4n) is 1.26. The quantitative estimate of drug-likeness (QED) is 0.637. The van der Waals surface area contributed by atoms with Gasteiger partial charge >= 0.3 is 0 Å². The number of phenolic OH excluding ortho intramolecular Hbond substituents is 1. The van der Waals surface area contributed by atoms with E-state index >= 15 is 0 Å². The Morgan fingerprint density at radius 3 is 3.00 bits per heavy atom. The highest BCUT2D eigenvalue weighted by Crippen LogP contribution is 2.31. The fourth-order valence-corrected chi connectivity index (χ4v) is 1.53. The molecule has 0 fully saturated rings. The molecular weight excluding hydrogens is 178 g/mol. The Morgan fingerprint density at radius 1 is 1.50 bits per heavy atom. The third-order valence-electron chi connectivity index (χ3n) is 1.87. The molecule has 0 bridgehead atoms. The van der Waals surface area contributed by atoms with E-state index in [0.29, 0.717) is 12.1 Å². The number of aromatic hydroxyl groups is 1. The number of carbonyl (C=O) groups excluding carboxylic acids is 1. The molecule has 1 aromatic rings. The zero-order valence-electron chi connectivity index (χ0n) is 6.10. The zero-order valence-corrected chi connectivity index (χ0v) is 6.85. The molecule has 0 unspecified atom stereocenters. The molecule has 0 saturated carbocycles. The lowest BCUT2D eigenvalue weighted by Crippen LogP contribution is -2.12. The first-order valence-electron chi connectivity index (χ1n) is 3.48. The highest BCUT2D eigenvalue weighted by molar-refractivity contribution is 6.35. The number of amides is 1. The van der Waals surface area contributed by atoms with Crippen molar-refractivity contribution in [2.45, 2.75) is 6.54 Å². The fraction of sp³-hybridized carbons (Fsp3) is 0.125. The first kappa shape index (κ1) is 7.43. The molecule has 1 amide bonds. The van der Waals surface area contributed by atoms with Crippen LogP contribution in [0.1, 0.15) is 15.9 Å². The Hall–Kier alpha value is -1.22. The molecule has 0 saturated heterocycles. The van der Waals surface area contributed by atoms with Gasteiger partial charge in [-0.1, -0.05) is 17.7 Å². The number of nitrogens with one attached hydrogen (secondary N) is 1. The van der Waals surface area contributed by atoms with Crippen molar-refractivity contribution in [1.29, 1.82) is 0 Å². The lowest BCUT2D eigenvalue weighted by molar-refractivity contribution is 0.0965. The highest BCUT2D eigenvalue weighted by Gasteiger charge is 2.23. The second-order valence-electron chi connectivity index (χ2n) is 2.62. The van der Waals surface area contributed by atoms with Gasteiger partial charge in [-0.25, -0.2) is 0 Å². The smallest absolute Gasteiger partial charge is 0.253 e. The molecule has 1 heterocycles. The molecule has 1 aromatic carbocycles. The zero-order chi connectivity index (χ0) is 8.72. The van der Waals surface area contributed by atoms with Crippen molar-refractivity contribution in [3.63, 3.8) is 0 Å². The van der Waals surface area contributed by atoms with Crippen molar-refractivity contribution >= 4 is 17.5 Å². The van der Waals surface area contributed by atoms with Crippen molar-refractivity contribution in [2.75, 3.05) is 0 Å².